The van der Waals surface area contributed by atoms with Crippen LogP contribution in [0.4, 0.5) is 4.39 Å². The minimum atomic E-state index is -2.85. The molecular weight excluding hydrogens is 403 g/mol. The van der Waals surface area contributed by atoms with Gasteiger partial charge < -0.3 is 9.53 Å². The molecule has 0 radical (unpaired) electrons. The van der Waals surface area contributed by atoms with E-state index in [9.17, 15) is 9.50 Å². The fraction of sp³-hybridized carbons (Fsp3) is 0.250. The van der Waals surface area contributed by atoms with Gasteiger partial charge in [0.1, 0.15) is 11.6 Å². The van der Waals surface area contributed by atoms with Crippen LogP contribution in [-0.4, -0.2) is 20.0 Å². The molecule has 0 aromatic heterocycles. The number of hydrogen-bond acceptors (Lipinski definition) is 2. The van der Waals surface area contributed by atoms with E-state index in [2.05, 4.69) is 45.0 Å². The van der Waals surface area contributed by atoms with E-state index in [0.717, 1.165) is 10.4 Å². The van der Waals surface area contributed by atoms with Crippen molar-refractivity contribution in [2.75, 3.05) is 6.61 Å². The van der Waals surface area contributed by atoms with Crippen molar-refractivity contribution in [3.8, 4) is 5.75 Å². The smallest absolute Gasteiger partial charge is 0.320 e. The van der Waals surface area contributed by atoms with Crippen LogP contribution in [0.2, 0.25) is 10.1 Å². The third-order valence-corrected chi connectivity index (χ3v) is 10.5. The molecule has 0 bridgehead atoms. The van der Waals surface area contributed by atoms with Crippen LogP contribution in [-0.2, 0) is 6.42 Å². The Hall–Kier alpha value is -2.14. The molecule has 29 heavy (non-hydrogen) atoms. The molecular formula is C24H26ClFO2Si. The highest BCUT2D eigenvalue weighted by molar-refractivity contribution is 7.00. The Labute approximate surface area is 178 Å². The molecule has 2 nitrogen and oxygen atoms in total. The van der Waals surface area contributed by atoms with Crippen LogP contribution in [0.5, 0.6) is 5.75 Å². The summed E-state index contributed by atoms with van der Waals surface area (Å²) in [6, 6.07) is 23.4. The van der Waals surface area contributed by atoms with Gasteiger partial charge in [-0.15, -0.1) is 0 Å². The van der Waals surface area contributed by atoms with E-state index in [1.165, 1.54) is 6.07 Å². The fourth-order valence-electron chi connectivity index (χ4n) is 3.81. The Morgan fingerprint density at radius 2 is 1.41 bits per heavy atom. The van der Waals surface area contributed by atoms with Crippen molar-refractivity contribution in [3.63, 3.8) is 0 Å². The normalized spacial score (nSPS) is 12.1. The lowest BCUT2D eigenvalue weighted by molar-refractivity contribution is 0.297. The summed E-state index contributed by atoms with van der Waals surface area (Å²) in [6.45, 7) is 6.33. The first-order valence-electron chi connectivity index (χ1n) is 9.69. The van der Waals surface area contributed by atoms with E-state index in [0.29, 0.717) is 5.75 Å². The number of benzene rings is 3. The molecule has 0 spiro atoms. The monoisotopic (exact) mass is 428 g/mol. The van der Waals surface area contributed by atoms with Gasteiger partial charge in [-0.1, -0.05) is 93.0 Å². The average molecular weight is 429 g/mol. The SMILES string of the molecule is CC(C)(C)[Si](Oc1ccc(F)c(CCO)c1Cl)(c1ccccc1)c1ccccc1. The molecule has 3 rings (SSSR count). The summed E-state index contributed by atoms with van der Waals surface area (Å²) in [7, 11) is -2.85. The van der Waals surface area contributed by atoms with Crippen molar-refractivity contribution in [1.82, 2.24) is 0 Å². The maximum absolute atomic E-state index is 14.3. The van der Waals surface area contributed by atoms with Crippen molar-refractivity contribution in [2.45, 2.75) is 32.2 Å². The van der Waals surface area contributed by atoms with Gasteiger partial charge >= 0.3 is 8.32 Å². The fourth-order valence-corrected chi connectivity index (χ4v) is 8.59. The molecule has 0 unspecified atom stereocenters. The highest BCUT2D eigenvalue weighted by Crippen LogP contribution is 2.40. The van der Waals surface area contributed by atoms with Crippen LogP contribution >= 0.6 is 11.6 Å². The standard InChI is InChI=1S/C24H26ClFO2Si/c1-24(2,3)29(18-10-6-4-7-11-18,19-12-8-5-9-13-19)28-22-15-14-21(26)20(16-17-27)23(22)25/h4-15,27H,16-17H2,1-3H3. The second kappa shape index (κ2) is 8.70. The van der Waals surface area contributed by atoms with E-state index in [-0.39, 0.29) is 28.7 Å². The Kier molecular flexibility index (Phi) is 6.47. The first-order valence-corrected chi connectivity index (χ1v) is 12.0. The molecule has 1 N–H and O–H groups in total. The van der Waals surface area contributed by atoms with Gasteiger partial charge in [-0.05, 0) is 34.0 Å². The third kappa shape index (κ3) is 4.11. The first-order chi connectivity index (χ1) is 13.8. The van der Waals surface area contributed by atoms with Crippen molar-refractivity contribution in [3.05, 3.63) is 89.2 Å². The molecule has 152 valence electrons. The quantitative estimate of drug-likeness (QED) is 0.562. The summed E-state index contributed by atoms with van der Waals surface area (Å²) in [4.78, 5) is 0. The van der Waals surface area contributed by atoms with Crippen LogP contribution in [0.3, 0.4) is 0 Å². The summed E-state index contributed by atoms with van der Waals surface area (Å²) >= 11 is 6.57. The van der Waals surface area contributed by atoms with E-state index in [1.54, 1.807) is 6.07 Å². The average Bonchev–Trinajstić information content (AvgIpc) is 2.71. The Bertz CT molecular complexity index is 916. The lowest BCUT2D eigenvalue weighted by Gasteiger charge is -2.43. The lowest BCUT2D eigenvalue weighted by atomic mass is 10.1. The number of rotatable bonds is 6. The van der Waals surface area contributed by atoms with E-state index < -0.39 is 14.1 Å². The topological polar surface area (TPSA) is 29.5 Å². The van der Waals surface area contributed by atoms with Crippen molar-refractivity contribution >= 4 is 30.3 Å². The van der Waals surface area contributed by atoms with Crippen LogP contribution in [0, 0.1) is 5.82 Å². The molecule has 5 heteroatoms. The molecule has 0 saturated heterocycles. The van der Waals surface area contributed by atoms with Gasteiger partial charge in [-0.25, -0.2) is 4.39 Å². The number of hydrogen-bond donors (Lipinski definition) is 1. The summed E-state index contributed by atoms with van der Waals surface area (Å²) in [6.07, 6.45) is 0.141. The Morgan fingerprint density at radius 3 is 1.86 bits per heavy atom. The molecule has 3 aromatic carbocycles. The molecule has 0 aliphatic heterocycles. The third-order valence-electron chi connectivity index (χ3n) is 5.19. The second-order valence-electron chi connectivity index (χ2n) is 8.08. The molecule has 0 heterocycles. The largest absolute Gasteiger partial charge is 0.533 e. The zero-order valence-electron chi connectivity index (χ0n) is 17.0. The molecule has 0 saturated carbocycles. The summed E-state index contributed by atoms with van der Waals surface area (Å²) in [5.41, 5.74) is 0.282. The number of aliphatic hydroxyl groups excluding tert-OH is 1. The van der Waals surface area contributed by atoms with E-state index in [1.807, 2.05) is 36.4 Å². The zero-order chi connectivity index (χ0) is 21.1. The van der Waals surface area contributed by atoms with Crippen LogP contribution in [0.1, 0.15) is 26.3 Å². The highest BCUT2D eigenvalue weighted by Gasteiger charge is 2.52. The molecule has 0 amide bonds. The van der Waals surface area contributed by atoms with Crippen LogP contribution in [0.15, 0.2) is 72.8 Å². The molecule has 3 aromatic rings. The summed E-state index contributed by atoms with van der Waals surface area (Å²) in [5.74, 6) is 0.0182. The van der Waals surface area contributed by atoms with Gasteiger partial charge in [0, 0.05) is 12.2 Å². The minimum absolute atomic E-state index is 0.141. The summed E-state index contributed by atoms with van der Waals surface area (Å²) < 4.78 is 21.2. The van der Waals surface area contributed by atoms with Crippen molar-refractivity contribution in [2.24, 2.45) is 0 Å². The van der Waals surface area contributed by atoms with Gasteiger partial charge in [-0.2, -0.15) is 0 Å². The highest BCUT2D eigenvalue weighted by atomic mass is 35.5. The lowest BCUT2D eigenvalue weighted by Crippen LogP contribution is -2.68. The van der Waals surface area contributed by atoms with Gasteiger partial charge in [-0.3, -0.25) is 0 Å². The zero-order valence-corrected chi connectivity index (χ0v) is 18.7. The molecule has 0 atom stereocenters. The molecule has 0 aliphatic carbocycles. The van der Waals surface area contributed by atoms with Gasteiger partial charge in [0.25, 0.3) is 0 Å². The second-order valence-corrected chi connectivity index (χ2v) is 12.7. The van der Waals surface area contributed by atoms with E-state index in [4.69, 9.17) is 16.0 Å². The van der Waals surface area contributed by atoms with E-state index >= 15 is 0 Å². The van der Waals surface area contributed by atoms with Gasteiger partial charge in [0.2, 0.25) is 0 Å². The maximum Gasteiger partial charge on any atom is 0.320 e. The maximum atomic E-state index is 14.3. The molecule has 0 aliphatic rings. The predicted molar refractivity (Wildman–Crippen MR) is 120 cm³/mol. The predicted octanol–water partition coefficient (Wildman–Crippen LogP) is 4.95. The number of halogens is 2. The number of aliphatic hydroxyl groups is 1. The van der Waals surface area contributed by atoms with Crippen LogP contribution < -0.4 is 14.8 Å². The first kappa shape index (κ1) is 21.6. The Morgan fingerprint density at radius 1 is 0.897 bits per heavy atom. The Balaban J connectivity index is 2.26. The van der Waals surface area contributed by atoms with Crippen LogP contribution in [0.25, 0.3) is 0 Å². The summed E-state index contributed by atoms with van der Waals surface area (Å²) in [5, 5.41) is 11.5. The molecule has 0 fully saturated rings. The van der Waals surface area contributed by atoms with Gasteiger partial charge in [0.15, 0.2) is 0 Å². The van der Waals surface area contributed by atoms with Crippen molar-refractivity contribution in [1.29, 1.82) is 0 Å². The van der Waals surface area contributed by atoms with Crippen molar-refractivity contribution < 1.29 is 13.9 Å². The van der Waals surface area contributed by atoms with Gasteiger partial charge in [0.05, 0.1) is 5.02 Å². The minimum Gasteiger partial charge on any atom is -0.533 e.